The van der Waals surface area contributed by atoms with Gasteiger partial charge in [0.2, 0.25) is 0 Å². The van der Waals surface area contributed by atoms with E-state index < -0.39 is 0 Å². The van der Waals surface area contributed by atoms with Gasteiger partial charge in [0.1, 0.15) is 0 Å². The Balaban J connectivity index is 2.09. The zero-order chi connectivity index (χ0) is 15.9. The first-order valence-corrected chi connectivity index (χ1v) is 6.76. The van der Waals surface area contributed by atoms with Crippen LogP contribution in [0.15, 0.2) is 47.6 Å². The summed E-state index contributed by atoms with van der Waals surface area (Å²) in [5, 5.41) is 3.96. The van der Waals surface area contributed by atoms with Crippen molar-refractivity contribution in [3.63, 3.8) is 0 Å². The van der Waals surface area contributed by atoms with Crippen LogP contribution in [0.5, 0.6) is 11.5 Å². The lowest BCUT2D eigenvalue weighted by atomic mass is 10.1. The number of rotatable bonds is 5. The molecule has 5 nitrogen and oxygen atoms in total. The molecule has 114 valence electrons. The SMILES string of the molecule is COc1cccc(/C=N/NC(=O)c2ccc(C)cc2)c1OC. The third kappa shape index (κ3) is 3.63. The van der Waals surface area contributed by atoms with Crippen LogP contribution >= 0.6 is 0 Å². The largest absolute Gasteiger partial charge is 0.493 e. The molecule has 0 atom stereocenters. The maximum Gasteiger partial charge on any atom is 0.271 e. The number of aryl methyl sites for hydroxylation is 1. The zero-order valence-electron chi connectivity index (χ0n) is 12.8. The van der Waals surface area contributed by atoms with Crippen LogP contribution in [-0.4, -0.2) is 26.3 Å². The van der Waals surface area contributed by atoms with Gasteiger partial charge in [-0.2, -0.15) is 5.10 Å². The molecule has 0 saturated heterocycles. The molecular formula is C17H18N2O3. The molecule has 0 fully saturated rings. The van der Waals surface area contributed by atoms with Crippen LogP contribution in [0.2, 0.25) is 0 Å². The predicted octanol–water partition coefficient (Wildman–Crippen LogP) is 2.78. The molecule has 22 heavy (non-hydrogen) atoms. The highest BCUT2D eigenvalue weighted by molar-refractivity contribution is 5.95. The lowest BCUT2D eigenvalue weighted by Crippen LogP contribution is -2.17. The molecule has 0 aliphatic heterocycles. The molecule has 0 aliphatic carbocycles. The van der Waals surface area contributed by atoms with E-state index in [2.05, 4.69) is 10.5 Å². The Labute approximate surface area is 129 Å². The van der Waals surface area contributed by atoms with Gasteiger partial charge < -0.3 is 9.47 Å². The van der Waals surface area contributed by atoms with E-state index in [0.717, 1.165) is 5.56 Å². The summed E-state index contributed by atoms with van der Waals surface area (Å²) in [5.74, 6) is 0.910. The van der Waals surface area contributed by atoms with Gasteiger partial charge in [-0.25, -0.2) is 5.43 Å². The Morgan fingerprint density at radius 3 is 2.45 bits per heavy atom. The molecule has 0 aliphatic rings. The molecular weight excluding hydrogens is 280 g/mol. The van der Waals surface area contributed by atoms with Crippen molar-refractivity contribution in [3.8, 4) is 11.5 Å². The van der Waals surface area contributed by atoms with Crippen LogP contribution in [0.4, 0.5) is 0 Å². The molecule has 0 spiro atoms. The number of hydrogen-bond donors (Lipinski definition) is 1. The van der Waals surface area contributed by atoms with Gasteiger partial charge in [0, 0.05) is 11.1 Å². The maximum absolute atomic E-state index is 11.9. The highest BCUT2D eigenvalue weighted by Gasteiger charge is 2.08. The van der Waals surface area contributed by atoms with Crippen LogP contribution < -0.4 is 14.9 Å². The van der Waals surface area contributed by atoms with Gasteiger partial charge in [0.15, 0.2) is 11.5 Å². The number of ether oxygens (including phenoxy) is 2. The number of methoxy groups -OCH3 is 2. The van der Waals surface area contributed by atoms with E-state index in [1.54, 1.807) is 32.4 Å². The van der Waals surface area contributed by atoms with E-state index in [9.17, 15) is 4.79 Å². The zero-order valence-corrected chi connectivity index (χ0v) is 12.8. The molecule has 0 saturated carbocycles. The minimum absolute atomic E-state index is 0.266. The summed E-state index contributed by atoms with van der Waals surface area (Å²) in [6.07, 6.45) is 1.52. The van der Waals surface area contributed by atoms with Crippen molar-refractivity contribution >= 4 is 12.1 Å². The Morgan fingerprint density at radius 2 is 1.82 bits per heavy atom. The van der Waals surface area contributed by atoms with Crippen molar-refractivity contribution in [2.45, 2.75) is 6.92 Å². The Bertz CT molecular complexity index is 679. The molecule has 0 aromatic heterocycles. The molecule has 2 aromatic carbocycles. The topological polar surface area (TPSA) is 59.9 Å². The summed E-state index contributed by atoms with van der Waals surface area (Å²) in [4.78, 5) is 11.9. The summed E-state index contributed by atoms with van der Waals surface area (Å²) >= 11 is 0. The lowest BCUT2D eigenvalue weighted by Gasteiger charge is -2.09. The predicted molar refractivity (Wildman–Crippen MR) is 85.8 cm³/mol. The van der Waals surface area contributed by atoms with Gasteiger partial charge >= 0.3 is 0 Å². The highest BCUT2D eigenvalue weighted by atomic mass is 16.5. The number of hydrazone groups is 1. The van der Waals surface area contributed by atoms with Gasteiger partial charge in [-0.05, 0) is 31.2 Å². The first-order chi connectivity index (χ1) is 10.7. The van der Waals surface area contributed by atoms with Crippen molar-refractivity contribution in [2.24, 2.45) is 5.10 Å². The van der Waals surface area contributed by atoms with Crippen LogP contribution in [0.25, 0.3) is 0 Å². The van der Waals surface area contributed by atoms with Crippen LogP contribution in [0.3, 0.4) is 0 Å². The number of carbonyl (C=O) groups excluding carboxylic acids is 1. The van der Waals surface area contributed by atoms with Crippen molar-refractivity contribution < 1.29 is 14.3 Å². The Morgan fingerprint density at radius 1 is 1.09 bits per heavy atom. The average Bonchev–Trinajstić information content (AvgIpc) is 2.55. The smallest absolute Gasteiger partial charge is 0.271 e. The number of nitrogens with one attached hydrogen (secondary N) is 1. The Hall–Kier alpha value is -2.82. The van der Waals surface area contributed by atoms with E-state index in [1.807, 2.05) is 31.2 Å². The number of nitrogens with zero attached hydrogens (tertiary/aromatic N) is 1. The van der Waals surface area contributed by atoms with Gasteiger partial charge in [0.25, 0.3) is 5.91 Å². The minimum atomic E-state index is -0.266. The highest BCUT2D eigenvalue weighted by Crippen LogP contribution is 2.29. The number of amides is 1. The van der Waals surface area contributed by atoms with Crippen molar-refractivity contribution in [3.05, 3.63) is 59.2 Å². The average molecular weight is 298 g/mol. The lowest BCUT2D eigenvalue weighted by molar-refractivity contribution is 0.0955. The molecule has 0 unspecified atom stereocenters. The summed E-state index contributed by atoms with van der Waals surface area (Å²) in [6, 6.07) is 12.7. The van der Waals surface area contributed by atoms with E-state index in [4.69, 9.17) is 9.47 Å². The molecule has 0 bridgehead atoms. The maximum atomic E-state index is 11.9. The first-order valence-electron chi connectivity index (χ1n) is 6.76. The van der Waals surface area contributed by atoms with E-state index in [-0.39, 0.29) is 5.91 Å². The number of carbonyl (C=O) groups is 1. The van der Waals surface area contributed by atoms with E-state index in [0.29, 0.717) is 22.6 Å². The fourth-order valence-corrected chi connectivity index (χ4v) is 1.94. The van der Waals surface area contributed by atoms with Crippen LogP contribution in [0.1, 0.15) is 21.5 Å². The van der Waals surface area contributed by atoms with Gasteiger partial charge in [0.05, 0.1) is 20.4 Å². The van der Waals surface area contributed by atoms with E-state index in [1.165, 1.54) is 6.21 Å². The fraction of sp³-hybridized carbons (Fsp3) is 0.176. The van der Waals surface area contributed by atoms with Crippen molar-refractivity contribution in [2.75, 3.05) is 14.2 Å². The quantitative estimate of drug-likeness (QED) is 0.682. The second-order valence-electron chi connectivity index (χ2n) is 4.65. The molecule has 1 amide bonds. The first kappa shape index (κ1) is 15.6. The molecule has 2 rings (SSSR count). The second-order valence-corrected chi connectivity index (χ2v) is 4.65. The van der Waals surface area contributed by atoms with E-state index >= 15 is 0 Å². The normalized spacial score (nSPS) is 10.5. The monoisotopic (exact) mass is 298 g/mol. The van der Waals surface area contributed by atoms with Crippen LogP contribution in [0, 0.1) is 6.92 Å². The number of para-hydroxylation sites is 1. The van der Waals surface area contributed by atoms with Crippen molar-refractivity contribution in [1.29, 1.82) is 0 Å². The summed E-state index contributed by atoms with van der Waals surface area (Å²) in [6.45, 7) is 1.97. The molecule has 2 aromatic rings. The van der Waals surface area contributed by atoms with Gasteiger partial charge in [-0.1, -0.05) is 23.8 Å². The molecule has 0 heterocycles. The van der Waals surface area contributed by atoms with Gasteiger partial charge in [-0.3, -0.25) is 4.79 Å². The number of benzene rings is 2. The van der Waals surface area contributed by atoms with Gasteiger partial charge in [-0.15, -0.1) is 0 Å². The fourth-order valence-electron chi connectivity index (χ4n) is 1.94. The third-order valence-corrected chi connectivity index (χ3v) is 3.12. The van der Waals surface area contributed by atoms with Crippen molar-refractivity contribution in [1.82, 2.24) is 5.43 Å². The summed E-state index contributed by atoms with van der Waals surface area (Å²) in [5.41, 5.74) is 4.86. The number of hydrogen-bond acceptors (Lipinski definition) is 4. The molecule has 0 radical (unpaired) electrons. The van der Waals surface area contributed by atoms with Crippen LogP contribution in [-0.2, 0) is 0 Å². The third-order valence-electron chi connectivity index (χ3n) is 3.12. The molecule has 5 heteroatoms. The summed E-state index contributed by atoms with van der Waals surface area (Å²) in [7, 11) is 3.12. The second kappa shape index (κ2) is 7.26. The minimum Gasteiger partial charge on any atom is -0.493 e. The summed E-state index contributed by atoms with van der Waals surface area (Å²) < 4.78 is 10.5. The Kier molecular flexibility index (Phi) is 5.14. The standard InChI is InChI=1S/C17H18N2O3/c1-12-7-9-13(10-8-12)17(20)19-18-11-14-5-4-6-15(21-2)16(14)22-3/h4-11H,1-3H3,(H,19,20)/b18-11+. The molecule has 1 N–H and O–H groups in total.